The largest absolute Gasteiger partial charge is 0.497 e. The Kier molecular flexibility index (Phi) is 3.65. The summed E-state index contributed by atoms with van der Waals surface area (Å²) in [7, 11) is 1.60. The van der Waals surface area contributed by atoms with Gasteiger partial charge in [0.05, 0.1) is 18.8 Å². The first kappa shape index (κ1) is 13.9. The van der Waals surface area contributed by atoms with Gasteiger partial charge in [-0.15, -0.1) is 0 Å². The summed E-state index contributed by atoms with van der Waals surface area (Å²) in [5.41, 5.74) is 7.97. The van der Waals surface area contributed by atoms with E-state index in [0.29, 0.717) is 11.4 Å². The molecule has 0 atom stereocenters. The minimum Gasteiger partial charge on any atom is -0.497 e. The Labute approximate surface area is 127 Å². The molecule has 3 N–H and O–H groups in total. The van der Waals surface area contributed by atoms with Gasteiger partial charge in [0.1, 0.15) is 12.3 Å². The molecule has 0 unspecified atom stereocenters. The molecule has 0 saturated carbocycles. The molecule has 112 valence electrons. The van der Waals surface area contributed by atoms with E-state index >= 15 is 0 Å². The first-order valence-corrected chi connectivity index (χ1v) is 6.80. The summed E-state index contributed by atoms with van der Waals surface area (Å²) in [6.07, 6.45) is 1.72. The van der Waals surface area contributed by atoms with Gasteiger partial charge in [0.25, 0.3) is 0 Å². The van der Waals surface area contributed by atoms with E-state index in [4.69, 9.17) is 10.5 Å². The molecule has 22 heavy (non-hydrogen) atoms. The first-order valence-electron chi connectivity index (χ1n) is 6.80. The maximum atomic E-state index is 12.1. The number of hydrogen-bond donors (Lipinski definition) is 2. The Morgan fingerprint density at radius 2 is 2.05 bits per heavy atom. The van der Waals surface area contributed by atoms with Crippen LogP contribution < -0.4 is 15.8 Å². The van der Waals surface area contributed by atoms with Gasteiger partial charge in [-0.1, -0.05) is 0 Å². The van der Waals surface area contributed by atoms with Crippen LogP contribution >= 0.6 is 0 Å². The summed E-state index contributed by atoms with van der Waals surface area (Å²) >= 11 is 0. The molecular weight excluding hydrogens is 280 g/mol. The number of benzene rings is 2. The molecule has 0 bridgehead atoms. The zero-order valence-electron chi connectivity index (χ0n) is 12.1. The fourth-order valence-electron chi connectivity index (χ4n) is 2.22. The van der Waals surface area contributed by atoms with E-state index in [0.717, 1.165) is 16.7 Å². The molecule has 0 aliphatic rings. The van der Waals surface area contributed by atoms with E-state index in [-0.39, 0.29) is 12.5 Å². The van der Waals surface area contributed by atoms with Crippen molar-refractivity contribution >= 4 is 28.2 Å². The highest BCUT2D eigenvalue weighted by Crippen LogP contribution is 2.18. The second-order valence-electron chi connectivity index (χ2n) is 4.90. The number of ether oxygens (including phenoxy) is 1. The molecule has 1 amide bonds. The van der Waals surface area contributed by atoms with Gasteiger partial charge >= 0.3 is 0 Å². The third-order valence-corrected chi connectivity index (χ3v) is 3.34. The SMILES string of the molecule is COc1ccc(NC(=O)Cn2ncc3ccc(N)cc32)cc1. The molecule has 3 rings (SSSR count). The number of anilines is 2. The van der Waals surface area contributed by atoms with E-state index in [1.807, 2.05) is 18.2 Å². The lowest BCUT2D eigenvalue weighted by atomic mass is 10.2. The minimum atomic E-state index is -0.155. The summed E-state index contributed by atoms with van der Waals surface area (Å²) in [5.74, 6) is 0.587. The van der Waals surface area contributed by atoms with Crippen molar-refractivity contribution in [3.63, 3.8) is 0 Å². The number of aromatic nitrogens is 2. The third kappa shape index (κ3) is 2.85. The molecule has 3 aromatic rings. The van der Waals surface area contributed by atoms with Crippen LogP contribution in [0.2, 0.25) is 0 Å². The van der Waals surface area contributed by atoms with Crippen LogP contribution in [-0.2, 0) is 11.3 Å². The van der Waals surface area contributed by atoms with Gasteiger partial charge in [-0.25, -0.2) is 0 Å². The summed E-state index contributed by atoms with van der Waals surface area (Å²) in [5, 5.41) is 8.00. The van der Waals surface area contributed by atoms with Crippen LogP contribution in [0.5, 0.6) is 5.75 Å². The van der Waals surface area contributed by atoms with Crippen molar-refractivity contribution < 1.29 is 9.53 Å². The lowest BCUT2D eigenvalue weighted by Crippen LogP contribution is -2.19. The molecule has 0 aliphatic carbocycles. The van der Waals surface area contributed by atoms with Crippen LogP contribution in [0.15, 0.2) is 48.7 Å². The van der Waals surface area contributed by atoms with E-state index in [9.17, 15) is 4.79 Å². The summed E-state index contributed by atoms with van der Waals surface area (Å²) < 4.78 is 6.71. The maximum absolute atomic E-state index is 12.1. The number of fused-ring (bicyclic) bond motifs is 1. The zero-order valence-corrected chi connectivity index (χ0v) is 12.1. The highest BCUT2D eigenvalue weighted by molar-refractivity contribution is 5.92. The van der Waals surface area contributed by atoms with Crippen LogP contribution in [0.3, 0.4) is 0 Å². The molecule has 0 saturated heterocycles. The molecule has 1 heterocycles. The average Bonchev–Trinajstić information content (AvgIpc) is 2.90. The number of amides is 1. The lowest BCUT2D eigenvalue weighted by molar-refractivity contribution is -0.116. The van der Waals surface area contributed by atoms with Crippen LogP contribution in [0.25, 0.3) is 10.9 Å². The van der Waals surface area contributed by atoms with E-state index in [1.165, 1.54) is 0 Å². The van der Waals surface area contributed by atoms with E-state index < -0.39 is 0 Å². The molecule has 1 aromatic heterocycles. The third-order valence-electron chi connectivity index (χ3n) is 3.34. The number of methoxy groups -OCH3 is 1. The van der Waals surface area contributed by atoms with Crippen molar-refractivity contribution in [2.45, 2.75) is 6.54 Å². The van der Waals surface area contributed by atoms with Crippen LogP contribution in [0.4, 0.5) is 11.4 Å². The van der Waals surface area contributed by atoms with Crippen molar-refractivity contribution in [1.29, 1.82) is 0 Å². The lowest BCUT2D eigenvalue weighted by Gasteiger charge is -2.07. The number of nitrogen functional groups attached to an aromatic ring is 1. The van der Waals surface area contributed by atoms with Crippen molar-refractivity contribution in [3.8, 4) is 5.75 Å². The van der Waals surface area contributed by atoms with Crippen LogP contribution in [-0.4, -0.2) is 22.8 Å². The van der Waals surface area contributed by atoms with Crippen molar-refractivity contribution in [2.24, 2.45) is 0 Å². The molecule has 0 radical (unpaired) electrons. The topological polar surface area (TPSA) is 82.2 Å². The standard InChI is InChI=1S/C16H16N4O2/c1-22-14-6-4-13(5-7-14)19-16(21)10-20-15-8-12(17)3-2-11(15)9-18-20/h2-9H,10,17H2,1H3,(H,19,21). The number of nitrogens with one attached hydrogen (secondary N) is 1. The fraction of sp³-hybridized carbons (Fsp3) is 0.125. The summed E-state index contributed by atoms with van der Waals surface area (Å²) in [6.45, 7) is 0.124. The Morgan fingerprint density at radius 1 is 1.27 bits per heavy atom. The number of nitrogens with two attached hydrogens (primary N) is 1. The van der Waals surface area contributed by atoms with E-state index in [2.05, 4.69) is 10.4 Å². The Balaban J connectivity index is 1.73. The van der Waals surface area contributed by atoms with E-state index in [1.54, 1.807) is 42.3 Å². The normalized spacial score (nSPS) is 10.6. The van der Waals surface area contributed by atoms with Crippen molar-refractivity contribution in [2.75, 3.05) is 18.2 Å². The molecule has 6 heteroatoms. The Morgan fingerprint density at radius 3 is 2.77 bits per heavy atom. The van der Waals surface area contributed by atoms with Crippen LogP contribution in [0.1, 0.15) is 0 Å². The predicted octanol–water partition coefficient (Wildman–Crippen LogP) is 2.27. The number of carbonyl (C=O) groups excluding carboxylic acids is 1. The molecule has 0 aliphatic heterocycles. The smallest absolute Gasteiger partial charge is 0.246 e. The second-order valence-corrected chi connectivity index (χ2v) is 4.90. The average molecular weight is 296 g/mol. The maximum Gasteiger partial charge on any atom is 0.246 e. The number of rotatable bonds is 4. The monoisotopic (exact) mass is 296 g/mol. The summed E-state index contributed by atoms with van der Waals surface area (Å²) in [4.78, 5) is 12.1. The molecule has 0 spiro atoms. The quantitative estimate of drug-likeness (QED) is 0.724. The van der Waals surface area contributed by atoms with Gasteiger partial charge in [0.2, 0.25) is 5.91 Å². The second kappa shape index (κ2) is 5.77. The van der Waals surface area contributed by atoms with Gasteiger partial charge in [-0.2, -0.15) is 5.10 Å². The van der Waals surface area contributed by atoms with Crippen LogP contribution in [0, 0.1) is 0 Å². The highest BCUT2D eigenvalue weighted by Gasteiger charge is 2.08. The van der Waals surface area contributed by atoms with Gasteiger partial charge < -0.3 is 15.8 Å². The van der Waals surface area contributed by atoms with Gasteiger partial charge in [-0.05, 0) is 42.5 Å². The molecular formula is C16H16N4O2. The number of nitrogens with zero attached hydrogens (tertiary/aromatic N) is 2. The first-order chi connectivity index (χ1) is 10.7. The van der Waals surface area contributed by atoms with Gasteiger partial charge in [0.15, 0.2) is 0 Å². The highest BCUT2D eigenvalue weighted by atomic mass is 16.5. The van der Waals surface area contributed by atoms with Gasteiger partial charge in [-0.3, -0.25) is 9.48 Å². The zero-order chi connectivity index (χ0) is 15.5. The Bertz CT molecular complexity index is 809. The molecule has 2 aromatic carbocycles. The van der Waals surface area contributed by atoms with Gasteiger partial charge in [0, 0.05) is 16.8 Å². The Hall–Kier alpha value is -3.02. The summed E-state index contributed by atoms with van der Waals surface area (Å²) in [6, 6.07) is 12.7. The molecule has 6 nitrogen and oxygen atoms in total. The fourth-order valence-corrected chi connectivity index (χ4v) is 2.22. The number of carbonyl (C=O) groups is 1. The molecule has 0 fully saturated rings. The number of hydrogen-bond acceptors (Lipinski definition) is 4. The predicted molar refractivity (Wildman–Crippen MR) is 85.8 cm³/mol. The minimum absolute atomic E-state index is 0.124. The van der Waals surface area contributed by atoms with Crippen molar-refractivity contribution in [1.82, 2.24) is 9.78 Å². The van der Waals surface area contributed by atoms with Crippen molar-refractivity contribution in [3.05, 3.63) is 48.7 Å².